The number of hydrogen-bond acceptors (Lipinski definition) is 3. The lowest BCUT2D eigenvalue weighted by atomic mass is 9.72. The lowest BCUT2D eigenvalue weighted by Crippen LogP contribution is -2.51. The third kappa shape index (κ3) is 5.85. The van der Waals surface area contributed by atoms with E-state index in [0.29, 0.717) is 18.0 Å². The van der Waals surface area contributed by atoms with Gasteiger partial charge in [-0.3, -0.25) is 9.89 Å². The van der Waals surface area contributed by atoms with Crippen molar-refractivity contribution in [1.82, 2.24) is 15.5 Å². The van der Waals surface area contributed by atoms with E-state index in [4.69, 9.17) is 4.74 Å². The van der Waals surface area contributed by atoms with E-state index in [2.05, 4.69) is 72.5 Å². The first-order chi connectivity index (χ1) is 13.4. The van der Waals surface area contributed by atoms with Crippen LogP contribution in [0.1, 0.15) is 44.7 Å². The molecule has 3 rings (SSSR count). The van der Waals surface area contributed by atoms with Gasteiger partial charge in [-0.15, -0.1) is 24.0 Å². The molecule has 0 saturated carbocycles. The summed E-state index contributed by atoms with van der Waals surface area (Å²) in [7, 11) is 1.87. The molecule has 5 nitrogen and oxygen atoms in total. The molecule has 2 aliphatic rings. The molecule has 1 aromatic carbocycles. The first-order valence-corrected chi connectivity index (χ1v) is 10.8. The molecular weight excluding hydrogens is 475 g/mol. The Morgan fingerprint density at radius 2 is 1.93 bits per heavy atom. The van der Waals surface area contributed by atoms with Crippen molar-refractivity contribution in [2.75, 3.05) is 39.9 Å². The fourth-order valence-electron chi connectivity index (χ4n) is 4.71. The Hall–Kier alpha value is -0.860. The number of likely N-dealkylation sites (tertiary alicyclic amines) is 1. The second kappa shape index (κ2) is 11.0. The molecule has 0 amide bonds. The SMILES string of the molecule is CN=C(NCC1(c2ccccc2C)CCOCC1)NC1CN(C(C)C)CC1C.I. The number of guanidine groups is 1. The number of nitrogens with zero attached hydrogens (tertiary/aromatic N) is 2. The Kier molecular flexibility index (Phi) is 9.22. The van der Waals surface area contributed by atoms with Gasteiger partial charge in [-0.05, 0) is 50.7 Å². The number of rotatable bonds is 5. The van der Waals surface area contributed by atoms with Gasteiger partial charge in [0.1, 0.15) is 0 Å². The summed E-state index contributed by atoms with van der Waals surface area (Å²) in [5.74, 6) is 1.54. The van der Waals surface area contributed by atoms with Gasteiger partial charge in [-0.25, -0.2) is 0 Å². The second-order valence-corrected chi connectivity index (χ2v) is 8.91. The van der Waals surface area contributed by atoms with Crippen molar-refractivity contribution in [1.29, 1.82) is 0 Å². The fourth-order valence-corrected chi connectivity index (χ4v) is 4.71. The summed E-state index contributed by atoms with van der Waals surface area (Å²) >= 11 is 0. The topological polar surface area (TPSA) is 48.9 Å². The van der Waals surface area contributed by atoms with E-state index in [9.17, 15) is 0 Å². The van der Waals surface area contributed by atoms with Gasteiger partial charge in [0.25, 0.3) is 0 Å². The fraction of sp³-hybridized carbons (Fsp3) is 0.696. The van der Waals surface area contributed by atoms with Gasteiger partial charge in [0.2, 0.25) is 0 Å². The molecule has 6 heteroatoms. The number of aryl methyl sites for hydroxylation is 1. The number of ether oxygens (including phenoxy) is 1. The van der Waals surface area contributed by atoms with Crippen LogP contribution in [-0.4, -0.2) is 62.8 Å². The zero-order valence-corrected chi connectivity index (χ0v) is 21.0. The zero-order valence-electron chi connectivity index (χ0n) is 18.7. The van der Waals surface area contributed by atoms with Crippen LogP contribution in [0.3, 0.4) is 0 Å². The average Bonchev–Trinajstić information content (AvgIpc) is 3.07. The van der Waals surface area contributed by atoms with Crippen LogP contribution in [0.4, 0.5) is 0 Å². The van der Waals surface area contributed by atoms with Gasteiger partial charge in [0.15, 0.2) is 5.96 Å². The third-order valence-electron chi connectivity index (χ3n) is 6.68. The Labute approximate surface area is 194 Å². The van der Waals surface area contributed by atoms with Crippen molar-refractivity contribution in [2.45, 2.75) is 58.0 Å². The molecule has 2 N–H and O–H groups in total. The Balaban J connectivity index is 0.00000300. The van der Waals surface area contributed by atoms with Crippen LogP contribution in [0.25, 0.3) is 0 Å². The Bertz CT molecular complexity index is 673. The van der Waals surface area contributed by atoms with Crippen molar-refractivity contribution in [3.05, 3.63) is 35.4 Å². The molecule has 0 spiro atoms. The molecule has 29 heavy (non-hydrogen) atoms. The highest BCUT2D eigenvalue weighted by molar-refractivity contribution is 14.0. The van der Waals surface area contributed by atoms with Gasteiger partial charge in [-0.1, -0.05) is 31.2 Å². The lowest BCUT2D eigenvalue weighted by Gasteiger charge is -2.39. The van der Waals surface area contributed by atoms with E-state index < -0.39 is 0 Å². The maximum absolute atomic E-state index is 5.70. The van der Waals surface area contributed by atoms with Crippen molar-refractivity contribution in [3.8, 4) is 0 Å². The Morgan fingerprint density at radius 1 is 1.24 bits per heavy atom. The molecule has 2 heterocycles. The van der Waals surface area contributed by atoms with Crippen LogP contribution < -0.4 is 10.6 Å². The number of benzene rings is 1. The highest BCUT2D eigenvalue weighted by Gasteiger charge is 2.36. The molecule has 0 bridgehead atoms. The maximum atomic E-state index is 5.70. The summed E-state index contributed by atoms with van der Waals surface area (Å²) in [4.78, 5) is 7.08. The maximum Gasteiger partial charge on any atom is 0.191 e. The van der Waals surface area contributed by atoms with Gasteiger partial charge >= 0.3 is 0 Å². The van der Waals surface area contributed by atoms with E-state index in [1.807, 2.05) is 7.05 Å². The van der Waals surface area contributed by atoms with Crippen molar-refractivity contribution < 1.29 is 4.74 Å². The predicted octanol–water partition coefficient (Wildman–Crippen LogP) is 3.55. The number of hydrogen-bond donors (Lipinski definition) is 2. The molecule has 2 fully saturated rings. The number of nitrogens with one attached hydrogen (secondary N) is 2. The molecule has 0 aliphatic carbocycles. The van der Waals surface area contributed by atoms with E-state index in [-0.39, 0.29) is 29.4 Å². The molecule has 1 aromatic rings. The number of aliphatic imine (C=N–C) groups is 1. The van der Waals surface area contributed by atoms with Gasteiger partial charge < -0.3 is 15.4 Å². The lowest BCUT2D eigenvalue weighted by molar-refractivity contribution is 0.0511. The minimum atomic E-state index is 0. The van der Waals surface area contributed by atoms with E-state index in [0.717, 1.165) is 51.6 Å². The van der Waals surface area contributed by atoms with Gasteiger partial charge in [0, 0.05) is 57.4 Å². The monoisotopic (exact) mass is 514 g/mol. The molecule has 0 radical (unpaired) electrons. The first kappa shape index (κ1) is 24.4. The highest BCUT2D eigenvalue weighted by atomic mass is 127. The zero-order chi connectivity index (χ0) is 20.1. The summed E-state index contributed by atoms with van der Waals surface area (Å²) in [6.07, 6.45) is 2.09. The molecule has 164 valence electrons. The van der Waals surface area contributed by atoms with Crippen LogP contribution >= 0.6 is 24.0 Å². The summed E-state index contributed by atoms with van der Waals surface area (Å²) in [5, 5.41) is 7.35. The molecule has 2 saturated heterocycles. The molecule has 2 unspecified atom stereocenters. The second-order valence-electron chi connectivity index (χ2n) is 8.91. The molecule has 2 atom stereocenters. The average molecular weight is 514 g/mol. The van der Waals surface area contributed by atoms with Crippen LogP contribution in [-0.2, 0) is 10.2 Å². The van der Waals surface area contributed by atoms with E-state index in [1.165, 1.54) is 11.1 Å². The molecule has 2 aliphatic heterocycles. The minimum absolute atomic E-state index is 0. The van der Waals surface area contributed by atoms with E-state index >= 15 is 0 Å². The summed E-state index contributed by atoms with van der Waals surface area (Å²) < 4.78 is 5.70. The summed E-state index contributed by atoms with van der Waals surface area (Å²) in [5.41, 5.74) is 2.92. The largest absolute Gasteiger partial charge is 0.381 e. The van der Waals surface area contributed by atoms with Gasteiger partial charge in [0.05, 0.1) is 0 Å². The van der Waals surface area contributed by atoms with E-state index in [1.54, 1.807) is 0 Å². The van der Waals surface area contributed by atoms with Crippen LogP contribution in [0.15, 0.2) is 29.3 Å². The quantitative estimate of drug-likeness (QED) is 0.359. The van der Waals surface area contributed by atoms with Crippen molar-refractivity contribution >= 4 is 29.9 Å². The van der Waals surface area contributed by atoms with Crippen LogP contribution in [0.2, 0.25) is 0 Å². The normalized spacial score (nSPS) is 25.0. The summed E-state index contributed by atoms with van der Waals surface area (Å²) in [6.45, 7) is 13.9. The standard InChI is InChI=1S/C23H38N4O.HI/c1-17(2)27-14-19(4)21(15-27)26-22(24-5)25-16-23(10-12-28-13-11-23)20-9-7-6-8-18(20)3;/h6-9,17,19,21H,10-16H2,1-5H3,(H2,24,25,26);1H. The number of halogens is 1. The third-order valence-corrected chi connectivity index (χ3v) is 6.68. The van der Waals surface area contributed by atoms with Crippen molar-refractivity contribution in [2.24, 2.45) is 10.9 Å². The van der Waals surface area contributed by atoms with Gasteiger partial charge in [-0.2, -0.15) is 0 Å². The smallest absolute Gasteiger partial charge is 0.191 e. The molecule has 0 aromatic heterocycles. The predicted molar refractivity (Wildman–Crippen MR) is 132 cm³/mol. The molecular formula is C23H39IN4O. The van der Waals surface area contributed by atoms with Crippen LogP contribution in [0, 0.1) is 12.8 Å². The first-order valence-electron chi connectivity index (χ1n) is 10.8. The summed E-state index contributed by atoms with van der Waals surface area (Å²) in [6, 6.07) is 9.83. The highest BCUT2D eigenvalue weighted by Crippen LogP contribution is 2.36. The van der Waals surface area contributed by atoms with Crippen LogP contribution in [0.5, 0.6) is 0 Å². The Morgan fingerprint density at radius 3 is 2.52 bits per heavy atom. The minimum Gasteiger partial charge on any atom is -0.381 e. The van der Waals surface area contributed by atoms with Crippen molar-refractivity contribution in [3.63, 3.8) is 0 Å².